The highest BCUT2D eigenvalue weighted by Crippen LogP contribution is 2.30. The van der Waals surface area contributed by atoms with Gasteiger partial charge in [-0.1, -0.05) is 36.0 Å². The molecule has 1 aromatic carbocycles. The van der Waals surface area contributed by atoms with E-state index in [2.05, 4.69) is 20.0 Å². The van der Waals surface area contributed by atoms with Gasteiger partial charge in [0.1, 0.15) is 4.90 Å². The van der Waals surface area contributed by atoms with Crippen molar-refractivity contribution in [2.24, 2.45) is 0 Å². The van der Waals surface area contributed by atoms with Crippen molar-refractivity contribution in [2.75, 3.05) is 5.32 Å². The monoisotopic (exact) mass is 442 g/mol. The van der Waals surface area contributed by atoms with E-state index in [0.29, 0.717) is 11.4 Å². The molecule has 7 nitrogen and oxygen atoms in total. The third kappa shape index (κ3) is 4.81. The van der Waals surface area contributed by atoms with E-state index in [0.717, 1.165) is 25.7 Å². The average Bonchev–Trinajstić information content (AvgIpc) is 3.05. The summed E-state index contributed by atoms with van der Waals surface area (Å²) in [6.07, 6.45) is 3.51. The molecular formula is C18H20Cl2N4O3S. The van der Waals surface area contributed by atoms with Crippen molar-refractivity contribution in [3.05, 3.63) is 45.2 Å². The van der Waals surface area contributed by atoms with Gasteiger partial charge in [-0.2, -0.15) is 0 Å². The van der Waals surface area contributed by atoms with E-state index in [1.807, 2.05) is 0 Å². The Balaban J connectivity index is 1.91. The predicted molar refractivity (Wildman–Crippen MR) is 108 cm³/mol. The number of hydrogen-bond acceptors (Lipinski definition) is 5. The van der Waals surface area contributed by atoms with Gasteiger partial charge >= 0.3 is 0 Å². The molecule has 1 aliphatic rings. The zero-order chi connectivity index (χ0) is 20.5. The van der Waals surface area contributed by atoms with Gasteiger partial charge in [0.2, 0.25) is 16.0 Å². The summed E-state index contributed by atoms with van der Waals surface area (Å²) in [5, 5.41) is 2.54. The number of benzene rings is 1. The zero-order valence-electron chi connectivity index (χ0n) is 15.4. The maximum Gasteiger partial charge on any atom is 0.259 e. The molecular weight excluding hydrogens is 423 g/mol. The number of anilines is 1. The molecule has 28 heavy (non-hydrogen) atoms. The van der Waals surface area contributed by atoms with Gasteiger partial charge in [0.05, 0.1) is 15.6 Å². The number of hydrogen-bond donors (Lipinski definition) is 2. The Hall–Kier alpha value is -1.74. The van der Waals surface area contributed by atoms with Gasteiger partial charge in [-0.15, -0.1) is 0 Å². The second-order valence-electron chi connectivity index (χ2n) is 6.79. The lowest BCUT2D eigenvalue weighted by Gasteiger charge is -2.15. The number of carbonyl (C=O) groups is 1. The molecule has 0 bridgehead atoms. The Morgan fingerprint density at radius 1 is 1.04 bits per heavy atom. The fourth-order valence-electron chi connectivity index (χ4n) is 3.19. The number of sulfonamides is 1. The van der Waals surface area contributed by atoms with Gasteiger partial charge < -0.3 is 0 Å². The third-order valence-electron chi connectivity index (χ3n) is 4.44. The lowest BCUT2D eigenvalue weighted by Crippen LogP contribution is -2.33. The number of halogens is 2. The van der Waals surface area contributed by atoms with Crippen LogP contribution in [-0.2, 0) is 10.0 Å². The summed E-state index contributed by atoms with van der Waals surface area (Å²) in [5.41, 5.74) is 1.35. The van der Waals surface area contributed by atoms with Crippen LogP contribution in [0.3, 0.4) is 0 Å². The van der Waals surface area contributed by atoms with Crippen molar-refractivity contribution in [3.63, 3.8) is 0 Å². The summed E-state index contributed by atoms with van der Waals surface area (Å²) in [6, 6.07) is 4.08. The van der Waals surface area contributed by atoms with Crippen LogP contribution in [0, 0.1) is 13.8 Å². The van der Waals surface area contributed by atoms with Crippen LogP contribution in [0.2, 0.25) is 10.0 Å². The van der Waals surface area contributed by atoms with Crippen LogP contribution in [-0.4, -0.2) is 30.3 Å². The van der Waals surface area contributed by atoms with Gasteiger partial charge in [0, 0.05) is 17.4 Å². The highest BCUT2D eigenvalue weighted by molar-refractivity contribution is 7.89. The molecule has 2 aromatic rings. The molecule has 150 valence electrons. The molecule has 1 amide bonds. The van der Waals surface area contributed by atoms with Gasteiger partial charge in [0.25, 0.3) is 5.91 Å². The molecule has 1 saturated carbocycles. The van der Waals surface area contributed by atoms with Crippen LogP contribution in [0.25, 0.3) is 0 Å². The Morgan fingerprint density at radius 2 is 1.64 bits per heavy atom. The number of amides is 1. The Kier molecular flexibility index (Phi) is 6.24. The largest absolute Gasteiger partial charge is 0.290 e. The van der Waals surface area contributed by atoms with Crippen LogP contribution in [0.1, 0.15) is 47.4 Å². The molecule has 0 spiro atoms. The van der Waals surface area contributed by atoms with E-state index in [9.17, 15) is 13.2 Å². The molecule has 0 atom stereocenters. The van der Waals surface area contributed by atoms with Crippen molar-refractivity contribution < 1.29 is 13.2 Å². The fraction of sp³-hybridized carbons (Fsp3) is 0.389. The maximum absolute atomic E-state index is 12.7. The molecule has 10 heteroatoms. The molecule has 3 rings (SSSR count). The van der Waals surface area contributed by atoms with Crippen LogP contribution in [0.15, 0.2) is 23.1 Å². The number of aryl methyl sites for hydroxylation is 2. The highest BCUT2D eigenvalue weighted by atomic mass is 35.5. The minimum absolute atomic E-state index is 0.0272. The average molecular weight is 443 g/mol. The number of nitrogens with zero attached hydrogens (tertiary/aromatic N) is 2. The maximum atomic E-state index is 12.7. The minimum Gasteiger partial charge on any atom is -0.290 e. The second kappa shape index (κ2) is 8.32. The Morgan fingerprint density at radius 3 is 2.25 bits per heavy atom. The molecule has 1 aromatic heterocycles. The summed E-state index contributed by atoms with van der Waals surface area (Å²) >= 11 is 12.3. The van der Waals surface area contributed by atoms with Crippen molar-refractivity contribution in [1.82, 2.24) is 14.7 Å². The Labute approximate surface area is 173 Å². The predicted octanol–water partition coefficient (Wildman–Crippen LogP) is 3.87. The second-order valence-corrected chi connectivity index (χ2v) is 9.29. The first kappa shape index (κ1) is 21.0. The molecule has 0 saturated heterocycles. The van der Waals surface area contributed by atoms with Crippen LogP contribution in [0.5, 0.6) is 0 Å². The highest BCUT2D eigenvalue weighted by Gasteiger charge is 2.27. The third-order valence-corrected chi connectivity index (χ3v) is 6.74. The van der Waals surface area contributed by atoms with Gasteiger partial charge in [-0.25, -0.2) is 23.1 Å². The zero-order valence-corrected chi connectivity index (χ0v) is 17.7. The first-order valence-electron chi connectivity index (χ1n) is 8.81. The van der Waals surface area contributed by atoms with Crippen molar-refractivity contribution in [1.29, 1.82) is 0 Å². The number of rotatable bonds is 5. The molecule has 0 unspecified atom stereocenters. The van der Waals surface area contributed by atoms with Crippen molar-refractivity contribution >= 4 is 45.1 Å². The summed E-state index contributed by atoms with van der Waals surface area (Å²) in [7, 11) is -3.89. The first-order chi connectivity index (χ1) is 13.2. The topological polar surface area (TPSA) is 101 Å². The van der Waals surface area contributed by atoms with Crippen molar-refractivity contribution in [3.8, 4) is 0 Å². The molecule has 1 heterocycles. The van der Waals surface area contributed by atoms with Gasteiger partial charge in [-0.3, -0.25) is 10.1 Å². The quantitative estimate of drug-likeness (QED) is 0.731. The SMILES string of the molecule is Cc1cc(C)nc(NC(=O)c2cc(S(=O)(=O)NC3CCCC3)c(Cl)cc2Cl)n1. The smallest absolute Gasteiger partial charge is 0.259 e. The van der Waals surface area contributed by atoms with E-state index < -0.39 is 15.9 Å². The molecule has 0 radical (unpaired) electrons. The number of aromatic nitrogens is 2. The van der Waals surface area contributed by atoms with E-state index in [4.69, 9.17) is 23.2 Å². The first-order valence-corrected chi connectivity index (χ1v) is 11.0. The lowest BCUT2D eigenvalue weighted by atomic mass is 10.2. The van der Waals surface area contributed by atoms with Crippen LogP contribution < -0.4 is 10.0 Å². The number of carbonyl (C=O) groups excluding carboxylic acids is 1. The Bertz CT molecular complexity index is 1000. The van der Waals surface area contributed by atoms with Crippen LogP contribution in [0.4, 0.5) is 5.95 Å². The lowest BCUT2D eigenvalue weighted by molar-refractivity contribution is 0.102. The fourth-order valence-corrected chi connectivity index (χ4v) is 5.35. The summed E-state index contributed by atoms with van der Waals surface area (Å²) in [4.78, 5) is 20.8. The molecule has 1 fully saturated rings. The van der Waals surface area contributed by atoms with E-state index in [1.165, 1.54) is 12.1 Å². The van der Waals surface area contributed by atoms with Gasteiger partial charge in [0.15, 0.2) is 0 Å². The summed E-state index contributed by atoms with van der Waals surface area (Å²) in [5.74, 6) is -0.508. The minimum atomic E-state index is -3.89. The molecule has 1 aliphatic carbocycles. The molecule has 2 N–H and O–H groups in total. The standard InChI is InChI=1S/C18H20Cl2N4O3S/c1-10-7-11(2)22-18(21-10)23-17(25)13-8-16(15(20)9-14(13)19)28(26,27)24-12-5-3-4-6-12/h7-9,12,24H,3-6H2,1-2H3,(H,21,22,23,25). The van der Waals surface area contributed by atoms with E-state index >= 15 is 0 Å². The molecule has 0 aliphatic heterocycles. The van der Waals surface area contributed by atoms with E-state index in [1.54, 1.807) is 19.9 Å². The normalized spacial score (nSPS) is 15.0. The van der Waals surface area contributed by atoms with Crippen molar-refractivity contribution in [2.45, 2.75) is 50.5 Å². The summed E-state index contributed by atoms with van der Waals surface area (Å²) in [6.45, 7) is 3.55. The number of nitrogens with one attached hydrogen (secondary N) is 2. The van der Waals surface area contributed by atoms with Crippen LogP contribution >= 0.6 is 23.2 Å². The summed E-state index contributed by atoms with van der Waals surface area (Å²) < 4.78 is 28.1. The van der Waals surface area contributed by atoms with E-state index in [-0.39, 0.29) is 32.5 Å². The van der Waals surface area contributed by atoms with Gasteiger partial charge in [-0.05, 0) is 44.9 Å².